The van der Waals surface area contributed by atoms with Gasteiger partial charge < -0.3 is 4.52 Å². The summed E-state index contributed by atoms with van der Waals surface area (Å²) in [5, 5.41) is 0. The zero-order valence-electron chi connectivity index (χ0n) is 3.17. The minimum Gasteiger partial charge on any atom is -0.373 e. The second kappa shape index (κ2) is 2.79. The van der Waals surface area contributed by atoms with Gasteiger partial charge in [-0.15, -0.1) is 0 Å². The highest BCUT2D eigenvalue weighted by Gasteiger charge is 1.84. The molecule has 0 rings (SSSR count). The van der Waals surface area contributed by atoms with Crippen LogP contribution in [0.5, 0.6) is 0 Å². The van der Waals surface area contributed by atoms with E-state index < -0.39 is 14.7 Å². The Morgan fingerprint density at radius 1 is 1.83 bits per heavy atom. The smallest absolute Gasteiger partial charge is 0.373 e. The molecule has 4 heteroatoms. The van der Waals surface area contributed by atoms with Gasteiger partial charge in [0.1, 0.15) is 0 Å². The first-order valence-electron chi connectivity index (χ1n) is 1.27. The minimum absolute atomic E-state index is 0.535. The lowest BCUT2D eigenvalue weighted by atomic mass is 10.9. The topological polar surface area (TPSA) is 43.4 Å². The van der Waals surface area contributed by atoms with Crippen LogP contribution in [0.3, 0.4) is 0 Å². The highest BCUT2D eigenvalue weighted by Crippen LogP contribution is 1.91. The number of rotatable bonds is 1. The molecule has 34 valence electrons. The van der Waals surface area contributed by atoms with E-state index in [4.69, 9.17) is 0 Å². The first-order valence-corrected chi connectivity index (χ1v) is 2.00. The molecule has 0 heterocycles. The highest BCUT2D eigenvalue weighted by molar-refractivity contribution is 7.18. The van der Waals surface area contributed by atoms with Crippen LogP contribution >= 0.6 is 8.69 Å². The first-order chi connectivity index (χ1) is 2.77. The standard InChI is InChI=1S/C2H3O3P/c1-2(3)5-6-4/h1H3. The predicted molar refractivity (Wildman–Crippen MR) is 19.4 cm³/mol. The Kier molecular flexibility index (Phi) is 2.59. The van der Waals surface area contributed by atoms with E-state index in [1.54, 1.807) is 0 Å². The van der Waals surface area contributed by atoms with E-state index in [2.05, 4.69) is 4.52 Å². The summed E-state index contributed by atoms with van der Waals surface area (Å²) >= 11 is 0. The number of carbonyl (C=O) groups excluding carboxylic acids is 1. The van der Waals surface area contributed by atoms with Crippen LogP contribution in [-0.2, 0) is 13.9 Å². The molecule has 6 heavy (non-hydrogen) atoms. The van der Waals surface area contributed by atoms with Crippen LogP contribution in [0.4, 0.5) is 0 Å². The van der Waals surface area contributed by atoms with Crippen LogP contribution in [0, 0.1) is 0 Å². The SMILES string of the molecule is CC(=O)OP=O. The van der Waals surface area contributed by atoms with Gasteiger partial charge in [0.2, 0.25) is 0 Å². The van der Waals surface area contributed by atoms with E-state index in [1.165, 1.54) is 6.92 Å². The Bertz CT molecular complexity index is 69.2. The van der Waals surface area contributed by atoms with E-state index in [9.17, 15) is 9.36 Å². The first kappa shape index (κ1) is 5.57. The zero-order chi connectivity index (χ0) is 4.99. The molecule has 3 nitrogen and oxygen atoms in total. The van der Waals surface area contributed by atoms with Gasteiger partial charge in [0, 0.05) is 6.92 Å². The second-order valence-electron chi connectivity index (χ2n) is 0.657. The van der Waals surface area contributed by atoms with Crippen molar-refractivity contribution in [2.24, 2.45) is 0 Å². The molecule has 0 N–H and O–H groups in total. The molecule has 0 bridgehead atoms. The number of hydrogen-bond donors (Lipinski definition) is 0. The molecule has 0 aliphatic heterocycles. The van der Waals surface area contributed by atoms with Crippen molar-refractivity contribution in [1.82, 2.24) is 0 Å². The van der Waals surface area contributed by atoms with Gasteiger partial charge in [0.15, 0.2) is 0 Å². The molecule has 0 unspecified atom stereocenters. The molecule has 0 radical (unpaired) electrons. The quantitative estimate of drug-likeness (QED) is 0.463. The summed E-state index contributed by atoms with van der Waals surface area (Å²) in [4.78, 5) is 9.61. The molecule has 0 atom stereocenters. The summed E-state index contributed by atoms with van der Waals surface area (Å²) in [6, 6.07) is 0. The van der Waals surface area contributed by atoms with E-state index in [0.29, 0.717) is 0 Å². The molecule has 0 amide bonds. The molecule has 0 aromatic rings. The van der Waals surface area contributed by atoms with Gasteiger partial charge in [-0.3, -0.25) is 4.79 Å². The monoisotopic (exact) mass is 106 g/mol. The van der Waals surface area contributed by atoms with Crippen LogP contribution in [0.2, 0.25) is 0 Å². The number of carbonyl (C=O) groups is 1. The van der Waals surface area contributed by atoms with Crippen LogP contribution in [0.25, 0.3) is 0 Å². The highest BCUT2D eigenvalue weighted by atomic mass is 31.1. The van der Waals surface area contributed by atoms with Crippen molar-refractivity contribution in [3.05, 3.63) is 0 Å². The van der Waals surface area contributed by atoms with Crippen LogP contribution in [0.1, 0.15) is 6.92 Å². The van der Waals surface area contributed by atoms with Gasteiger partial charge in [-0.05, 0) is 0 Å². The molecule has 0 aromatic carbocycles. The number of hydrogen-bond acceptors (Lipinski definition) is 3. The lowest BCUT2D eigenvalue weighted by Crippen LogP contribution is -1.83. The zero-order valence-corrected chi connectivity index (χ0v) is 4.07. The van der Waals surface area contributed by atoms with Gasteiger partial charge in [0.05, 0.1) is 0 Å². The normalized spacial score (nSPS) is 8.17. The Hall–Kier alpha value is -0.430. The lowest BCUT2D eigenvalue weighted by molar-refractivity contribution is -0.131. The van der Waals surface area contributed by atoms with Crippen LogP contribution in [-0.4, -0.2) is 5.97 Å². The summed E-state index contributed by atoms with van der Waals surface area (Å²) in [6.45, 7) is 1.19. The molecular formula is C2H3O3P. The molecule has 0 aliphatic rings. The largest absolute Gasteiger partial charge is 0.398 e. The third-order valence-corrected chi connectivity index (χ3v) is 0.497. The molecule has 0 fully saturated rings. The predicted octanol–water partition coefficient (Wildman–Crippen LogP) is 0.756. The van der Waals surface area contributed by atoms with Crippen LogP contribution in [0.15, 0.2) is 0 Å². The Morgan fingerprint density at radius 3 is 2.33 bits per heavy atom. The third-order valence-electron chi connectivity index (χ3n) is 0.166. The van der Waals surface area contributed by atoms with Crippen molar-refractivity contribution in [1.29, 1.82) is 0 Å². The molecule has 0 spiro atoms. The van der Waals surface area contributed by atoms with Gasteiger partial charge in [-0.25, -0.2) is 4.57 Å². The Balaban J connectivity index is 3.05. The minimum atomic E-state index is -0.576. The maximum atomic E-state index is 9.61. The van der Waals surface area contributed by atoms with Gasteiger partial charge in [-0.2, -0.15) is 0 Å². The summed E-state index contributed by atoms with van der Waals surface area (Å²) in [6.07, 6.45) is 0. The molecule has 0 aromatic heterocycles. The second-order valence-corrected chi connectivity index (χ2v) is 0.989. The maximum absolute atomic E-state index is 9.61. The van der Waals surface area contributed by atoms with Crippen molar-refractivity contribution in [2.45, 2.75) is 6.92 Å². The average molecular weight is 106 g/mol. The molecule has 0 saturated heterocycles. The molecule has 0 aliphatic carbocycles. The summed E-state index contributed by atoms with van der Waals surface area (Å²) in [5.41, 5.74) is 0. The van der Waals surface area contributed by atoms with E-state index in [0.717, 1.165) is 0 Å². The fourth-order valence-electron chi connectivity index (χ4n) is 0.0525. The van der Waals surface area contributed by atoms with Crippen molar-refractivity contribution >= 4 is 14.7 Å². The van der Waals surface area contributed by atoms with Crippen molar-refractivity contribution in [3.8, 4) is 0 Å². The van der Waals surface area contributed by atoms with Crippen molar-refractivity contribution in [2.75, 3.05) is 0 Å². The van der Waals surface area contributed by atoms with Crippen molar-refractivity contribution < 1.29 is 13.9 Å². The van der Waals surface area contributed by atoms with Gasteiger partial charge >= 0.3 is 14.7 Å². The van der Waals surface area contributed by atoms with Gasteiger partial charge in [0.25, 0.3) is 0 Å². The van der Waals surface area contributed by atoms with Gasteiger partial charge in [-0.1, -0.05) is 0 Å². The fraction of sp³-hybridized carbons (Fsp3) is 0.500. The van der Waals surface area contributed by atoms with E-state index in [-0.39, 0.29) is 0 Å². The summed E-state index contributed by atoms with van der Waals surface area (Å²) < 4.78 is 13.1. The van der Waals surface area contributed by atoms with Crippen LogP contribution < -0.4 is 0 Å². The molecular weight excluding hydrogens is 103 g/mol. The van der Waals surface area contributed by atoms with E-state index in [1.807, 2.05) is 0 Å². The third kappa shape index (κ3) is 3.57. The lowest BCUT2D eigenvalue weighted by Gasteiger charge is -1.76. The Morgan fingerprint density at radius 2 is 2.33 bits per heavy atom. The summed E-state index contributed by atoms with van der Waals surface area (Å²) in [7, 11) is -0.576. The average Bonchev–Trinajstić information content (AvgIpc) is 1.35. The maximum Gasteiger partial charge on any atom is 0.398 e. The molecule has 0 saturated carbocycles. The van der Waals surface area contributed by atoms with E-state index >= 15 is 0 Å². The fourth-order valence-corrected chi connectivity index (χ4v) is 0.157. The van der Waals surface area contributed by atoms with Crippen molar-refractivity contribution in [3.63, 3.8) is 0 Å². The Labute approximate surface area is 36.6 Å². The summed E-state index contributed by atoms with van der Waals surface area (Å²) in [5.74, 6) is -0.535.